The van der Waals surface area contributed by atoms with Gasteiger partial charge >= 0.3 is 11.9 Å². The molecule has 0 atom stereocenters. The number of halogens is 3. The van der Waals surface area contributed by atoms with E-state index in [1.54, 1.807) is 0 Å². The largest absolute Gasteiger partial charge is 0.466 e. The summed E-state index contributed by atoms with van der Waals surface area (Å²) in [5.41, 5.74) is 0. The van der Waals surface area contributed by atoms with Crippen molar-refractivity contribution >= 4 is 46.7 Å². The van der Waals surface area contributed by atoms with Crippen molar-refractivity contribution < 1.29 is 19.1 Å². The van der Waals surface area contributed by atoms with E-state index in [1.165, 1.54) is 0 Å². The molecular weight excluding hydrogens is 314 g/mol. The van der Waals surface area contributed by atoms with E-state index in [0.717, 1.165) is 12.8 Å². The third-order valence-electron chi connectivity index (χ3n) is 2.17. The van der Waals surface area contributed by atoms with E-state index >= 15 is 0 Å². The SMILES string of the molecule is CCCCOC(=O)CCCCC(=O)OCC(Cl)(Cl)Cl. The van der Waals surface area contributed by atoms with Crippen LogP contribution in [0.25, 0.3) is 0 Å². The molecule has 0 radical (unpaired) electrons. The lowest BCUT2D eigenvalue weighted by atomic mass is 10.2. The van der Waals surface area contributed by atoms with Crippen LogP contribution in [-0.4, -0.2) is 28.9 Å². The van der Waals surface area contributed by atoms with Crippen LogP contribution in [0.5, 0.6) is 0 Å². The number of carbonyl (C=O) groups excluding carboxylic acids is 2. The molecule has 0 heterocycles. The average Bonchev–Trinajstić information content (AvgIpc) is 2.31. The molecular formula is C12H19Cl3O4. The van der Waals surface area contributed by atoms with E-state index in [4.69, 9.17) is 44.3 Å². The first-order chi connectivity index (χ1) is 8.85. The van der Waals surface area contributed by atoms with Gasteiger partial charge < -0.3 is 9.47 Å². The van der Waals surface area contributed by atoms with Crippen molar-refractivity contribution in [2.45, 2.75) is 49.2 Å². The Hall–Kier alpha value is -0.190. The molecule has 0 amide bonds. The zero-order valence-corrected chi connectivity index (χ0v) is 13.2. The maximum Gasteiger partial charge on any atom is 0.305 e. The summed E-state index contributed by atoms with van der Waals surface area (Å²) < 4.78 is 8.13. The molecule has 0 rings (SSSR count). The molecule has 0 fully saturated rings. The second-order valence-corrected chi connectivity index (χ2v) is 6.57. The van der Waals surface area contributed by atoms with E-state index in [9.17, 15) is 9.59 Å². The summed E-state index contributed by atoms with van der Waals surface area (Å²) in [6.45, 7) is 2.22. The van der Waals surface area contributed by atoms with Crippen LogP contribution in [0.2, 0.25) is 0 Å². The average molecular weight is 334 g/mol. The monoisotopic (exact) mass is 332 g/mol. The lowest BCUT2D eigenvalue weighted by molar-refractivity contribution is -0.145. The molecule has 0 aromatic heterocycles. The van der Waals surface area contributed by atoms with Crippen LogP contribution in [-0.2, 0) is 19.1 Å². The normalized spacial score (nSPS) is 11.2. The molecule has 0 unspecified atom stereocenters. The molecule has 0 spiro atoms. The minimum absolute atomic E-state index is 0.197. The van der Waals surface area contributed by atoms with Crippen molar-refractivity contribution in [1.29, 1.82) is 0 Å². The summed E-state index contributed by atoms with van der Waals surface area (Å²) >= 11 is 16.3. The molecule has 0 aliphatic carbocycles. The maximum atomic E-state index is 11.2. The van der Waals surface area contributed by atoms with E-state index in [1.807, 2.05) is 6.92 Å². The molecule has 0 aliphatic heterocycles. The molecule has 0 bridgehead atoms. The summed E-state index contributed by atoms with van der Waals surface area (Å²) in [7, 11) is 0. The molecule has 4 nitrogen and oxygen atoms in total. The molecule has 0 saturated carbocycles. The van der Waals surface area contributed by atoms with Crippen LogP contribution in [0.4, 0.5) is 0 Å². The second-order valence-electron chi connectivity index (χ2n) is 4.06. The Morgan fingerprint density at radius 3 is 1.95 bits per heavy atom. The van der Waals surface area contributed by atoms with Gasteiger partial charge in [0.25, 0.3) is 0 Å². The number of rotatable bonds is 9. The third kappa shape index (κ3) is 14.0. The first-order valence-corrected chi connectivity index (χ1v) is 7.36. The lowest BCUT2D eigenvalue weighted by Gasteiger charge is -2.11. The fourth-order valence-corrected chi connectivity index (χ4v) is 1.34. The molecule has 7 heteroatoms. The predicted octanol–water partition coefficient (Wildman–Crippen LogP) is 3.80. The zero-order chi connectivity index (χ0) is 14.7. The van der Waals surface area contributed by atoms with E-state index < -0.39 is 9.76 Å². The minimum Gasteiger partial charge on any atom is -0.466 e. The Morgan fingerprint density at radius 1 is 0.947 bits per heavy atom. The fourth-order valence-electron chi connectivity index (χ4n) is 1.18. The van der Waals surface area contributed by atoms with Crippen LogP contribution < -0.4 is 0 Å². The summed E-state index contributed by atoms with van der Waals surface area (Å²) in [5, 5.41) is 0. The number of hydrogen-bond acceptors (Lipinski definition) is 4. The van der Waals surface area contributed by atoms with Crippen LogP contribution in [0, 0.1) is 0 Å². The van der Waals surface area contributed by atoms with Crippen LogP contribution in [0.1, 0.15) is 45.4 Å². The molecule has 0 aromatic rings. The van der Waals surface area contributed by atoms with E-state index in [-0.39, 0.29) is 19.0 Å². The quantitative estimate of drug-likeness (QED) is 0.366. The van der Waals surface area contributed by atoms with Crippen molar-refractivity contribution in [3.8, 4) is 0 Å². The maximum absolute atomic E-state index is 11.2. The predicted molar refractivity (Wildman–Crippen MR) is 75.6 cm³/mol. The molecule has 0 saturated heterocycles. The van der Waals surface area contributed by atoms with Gasteiger partial charge in [-0.2, -0.15) is 0 Å². The van der Waals surface area contributed by atoms with Gasteiger partial charge in [-0.1, -0.05) is 48.1 Å². The van der Waals surface area contributed by atoms with Crippen LogP contribution >= 0.6 is 34.8 Å². The number of carbonyl (C=O) groups is 2. The van der Waals surface area contributed by atoms with Crippen molar-refractivity contribution in [1.82, 2.24) is 0 Å². The summed E-state index contributed by atoms with van der Waals surface area (Å²) in [5.74, 6) is -0.672. The highest BCUT2D eigenvalue weighted by molar-refractivity contribution is 6.67. The molecule has 112 valence electrons. The summed E-state index contributed by atoms with van der Waals surface area (Å²) in [6.07, 6.45) is 3.48. The number of esters is 2. The highest BCUT2D eigenvalue weighted by Crippen LogP contribution is 2.26. The van der Waals surface area contributed by atoms with Gasteiger partial charge in [-0.25, -0.2) is 0 Å². The molecule has 0 aliphatic rings. The molecule has 19 heavy (non-hydrogen) atoms. The highest BCUT2D eigenvalue weighted by Gasteiger charge is 2.21. The Kier molecular flexibility index (Phi) is 10.5. The lowest BCUT2D eigenvalue weighted by Crippen LogP contribution is -2.17. The van der Waals surface area contributed by atoms with Crippen LogP contribution in [0.3, 0.4) is 0 Å². The molecule has 0 N–H and O–H groups in total. The Balaban J connectivity index is 3.48. The topological polar surface area (TPSA) is 52.6 Å². The first-order valence-electron chi connectivity index (χ1n) is 6.23. The number of alkyl halides is 3. The van der Waals surface area contributed by atoms with Gasteiger partial charge in [-0.15, -0.1) is 0 Å². The van der Waals surface area contributed by atoms with Crippen molar-refractivity contribution in [2.24, 2.45) is 0 Å². The van der Waals surface area contributed by atoms with Crippen molar-refractivity contribution in [2.75, 3.05) is 13.2 Å². The van der Waals surface area contributed by atoms with Crippen molar-refractivity contribution in [3.05, 3.63) is 0 Å². The third-order valence-corrected chi connectivity index (χ3v) is 2.50. The van der Waals surface area contributed by atoms with Gasteiger partial charge in [0.1, 0.15) is 6.61 Å². The molecule has 0 aromatic carbocycles. The number of ether oxygens (including phenoxy) is 2. The first kappa shape index (κ1) is 18.8. The second kappa shape index (κ2) is 10.6. The van der Waals surface area contributed by atoms with E-state index in [2.05, 4.69) is 0 Å². The standard InChI is InChI=1S/C12H19Cl3O4/c1-2-3-8-18-10(16)6-4-5-7-11(17)19-9-12(13,14)15/h2-9H2,1H3. The van der Waals surface area contributed by atoms with Gasteiger partial charge in [-0.05, 0) is 19.3 Å². The van der Waals surface area contributed by atoms with Gasteiger partial charge in [0, 0.05) is 12.8 Å². The van der Waals surface area contributed by atoms with Gasteiger partial charge in [0.2, 0.25) is 3.79 Å². The Bertz CT molecular complexity index is 277. The van der Waals surface area contributed by atoms with Gasteiger partial charge in [0.15, 0.2) is 0 Å². The smallest absolute Gasteiger partial charge is 0.305 e. The number of unbranched alkanes of at least 4 members (excludes halogenated alkanes) is 2. The number of hydrogen-bond donors (Lipinski definition) is 0. The van der Waals surface area contributed by atoms with Gasteiger partial charge in [0.05, 0.1) is 6.61 Å². The highest BCUT2D eigenvalue weighted by atomic mass is 35.6. The Labute approximate surface area is 128 Å². The summed E-state index contributed by atoms with van der Waals surface area (Å²) in [6, 6.07) is 0. The fraction of sp³-hybridized carbons (Fsp3) is 0.833. The van der Waals surface area contributed by atoms with E-state index in [0.29, 0.717) is 25.9 Å². The van der Waals surface area contributed by atoms with Crippen LogP contribution in [0.15, 0.2) is 0 Å². The van der Waals surface area contributed by atoms with Crippen molar-refractivity contribution in [3.63, 3.8) is 0 Å². The minimum atomic E-state index is -1.58. The van der Waals surface area contributed by atoms with Gasteiger partial charge in [-0.3, -0.25) is 9.59 Å². The zero-order valence-electron chi connectivity index (χ0n) is 10.9. The Morgan fingerprint density at radius 2 is 1.47 bits per heavy atom. The summed E-state index contributed by atoms with van der Waals surface area (Å²) in [4.78, 5) is 22.5.